The maximum Gasteiger partial charge on any atom is 0.154 e. The molecule has 9 rings (SSSR count). The van der Waals surface area contributed by atoms with Crippen molar-refractivity contribution in [3.63, 3.8) is 0 Å². The van der Waals surface area contributed by atoms with Gasteiger partial charge in [0.1, 0.15) is 11.2 Å². The molecule has 0 atom stereocenters. The highest BCUT2D eigenvalue weighted by molar-refractivity contribution is 6.27. The van der Waals surface area contributed by atoms with E-state index in [-0.39, 0.29) is 5.84 Å². The first-order chi connectivity index (χ1) is 24.2. The summed E-state index contributed by atoms with van der Waals surface area (Å²) in [6.45, 7) is 0. The molecule has 2 heterocycles. The van der Waals surface area contributed by atoms with Gasteiger partial charge in [-0.2, -0.15) is 0 Å². The average molecular weight is 633 g/mol. The molecule has 5 nitrogen and oxygen atoms in total. The highest BCUT2D eigenvalue weighted by atomic mass is 16.3. The number of fused-ring (bicyclic) bond motifs is 2. The van der Waals surface area contributed by atoms with Crippen LogP contribution < -0.4 is 5.43 Å². The van der Waals surface area contributed by atoms with Gasteiger partial charge in [-0.1, -0.05) is 133 Å². The van der Waals surface area contributed by atoms with Crippen LogP contribution in [0.1, 0.15) is 29.5 Å². The van der Waals surface area contributed by atoms with Crippen molar-refractivity contribution < 1.29 is 4.42 Å². The molecule has 0 saturated carbocycles. The fraction of sp³-hybridized carbons (Fsp3) is 0.0455. The van der Waals surface area contributed by atoms with Gasteiger partial charge in [0.05, 0.1) is 16.4 Å². The summed E-state index contributed by atoms with van der Waals surface area (Å²) < 4.78 is 8.87. The van der Waals surface area contributed by atoms with Gasteiger partial charge in [-0.3, -0.25) is 15.5 Å². The molecule has 49 heavy (non-hydrogen) atoms. The normalized spacial score (nSPS) is 13.4. The lowest BCUT2D eigenvalue weighted by Gasteiger charge is -2.16. The number of allylic oxidation sites excluding steroid dienone is 4. The number of para-hydroxylation sites is 1. The second-order valence-electron chi connectivity index (χ2n) is 12.4. The number of benzene rings is 6. The minimum atomic E-state index is 0.176. The Kier molecular flexibility index (Phi) is 7.02. The number of aromatic nitrogens is 1. The molecule has 0 radical (unpaired) electrons. The van der Waals surface area contributed by atoms with E-state index >= 15 is 0 Å². The molecule has 234 valence electrons. The molecule has 1 aliphatic rings. The van der Waals surface area contributed by atoms with E-state index in [4.69, 9.17) is 14.8 Å². The quantitative estimate of drug-likeness (QED) is 0.146. The van der Waals surface area contributed by atoms with Crippen LogP contribution in [-0.4, -0.2) is 16.3 Å². The zero-order chi connectivity index (χ0) is 32.7. The number of nitrogens with one attached hydrogen (secondary N) is 2. The van der Waals surface area contributed by atoms with E-state index in [1.54, 1.807) is 0 Å². The van der Waals surface area contributed by atoms with Gasteiger partial charge in [-0.15, -0.1) is 0 Å². The minimum Gasteiger partial charge on any atom is -0.456 e. The Bertz CT molecular complexity index is 2620. The third-order valence-corrected chi connectivity index (χ3v) is 9.34. The third-order valence-electron chi connectivity index (χ3n) is 9.34. The van der Waals surface area contributed by atoms with Gasteiger partial charge in [0, 0.05) is 21.9 Å². The van der Waals surface area contributed by atoms with Crippen LogP contribution in [0.15, 0.2) is 167 Å². The van der Waals surface area contributed by atoms with Gasteiger partial charge < -0.3 is 4.42 Å². The van der Waals surface area contributed by atoms with Crippen molar-refractivity contribution >= 4 is 61.0 Å². The first kappa shape index (κ1) is 28.7. The smallest absolute Gasteiger partial charge is 0.154 e. The monoisotopic (exact) mass is 632 g/mol. The molecule has 0 unspecified atom stereocenters. The van der Waals surface area contributed by atoms with E-state index in [1.165, 1.54) is 5.57 Å². The van der Waals surface area contributed by atoms with Crippen LogP contribution in [0, 0.1) is 5.41 Å². The molecular formula is C44H32N4O. The van der Waals surface area contributed by atoms with E-state index in [1.807, 2.05) is 48.5 Å². The lowest BCUT2D eigenvalue weighted by molar-refractivity contribution is 0.664. The van der Waals surface area contributed by atoms with Gasteiger partial charge in [-0.25, -0.2) is 4.99 Å². The van der Waals surface area contributed by atoms with Gasteiger partial charge in [0.2, 0.25) is 0 Å². The first-order valence-corrected chi connectivity index (χ1v) is 16.6. The van der Waals surface area contributed by atoms with Crippen molar-refractivity contribution in [1.29, 1.82) is 5.41 Å². The fourth-order valence-corrected chi connectivity index (χ4v) is 6.95. The summed E-state index contributed by atoms with van der Waals surface area (Å²) >= 11 is 0. The predicted molar refractivity (Wildman–Crippen MR) is 204 cm³/mol. The molecule has 0 spiro atoms. The number of amidine groups is 2. The number of aliphatic imine (C=N–C) groups is 1. The van der Waals surface area contributed by atoms with Crippen molar-refractivity contribution in [2.45, 2.75) is 12.8 Å². The van der Waals surface area contributed by atoms with Crippen LogP contribution in [0.5, 0.6) is 0 Å². The SMILES string of the molecule is N=C(N=C(Nn1c2cc(-c3ccccc3)cc3oc4ccccc4c4cccc1c4c32)c1ccc(C2=CCCC=C2)cc1)c1ccccc1. The highest BCUT2D eigenvalue weighted by Gasteiger charge is 2.21. The van der Waals surface area contributed by atoms with Crippen LogP contribution >= 0.6 is 0 Å². The van der Waals surface area contributed by atoms with Crippen molar-refractivity contribution in [2.24, 2.45) is 4.99 Å². The Hall–Kier alpha value is -6.46. The van der Waals surface area contributed by atoms with Crippen LogP contribution in [-0.2, 0) is 0 Å². The largest absolute Gasteiger partial charge is 0.456 e. The number of nitrogens with zero attached hydrogens (tertiary/aromatic N) is 2. The number of hydrogen-bond donors (Lipinski definition) is 2. The standard InChI is InChI=1S/C44H32N4O/c45-43(32-17-8-3-9-18-32)46-44(33-25-23-31(24-26-33)29-13-4-1-5-14-29)47-48-37-21-12-20-36-35-19-10-11-22-39(35)49-40-28-34(30-15-6-2-7-16-30)27-38(48)42(40)41(36)37/h2-4,6-28H,1,5H2,(H2,45,46,47). The molecular weight excluding hydrogens is 601 g/mol. The molecule has 0 aliphatic heterocycles. The number of rotatable bonds is 5. The summed E-state index contributed by atoms with van der Waals surface area (Å²) in [5.74, 6) is 0.749. The number of hydrogen-bond acceptors (Lipinski definition) is 2. The van der Waals surface area contributed by atoms with Crippen molar-refractivity contribution in [3.8, 4) is 11.1 Å². The van der Waals surface area contributed by atoms with Crippen LogP contribution in [0.3, 0.4) is 0 Å². The molecule has 5 heteroatoms. The van der Waals surface area contributed by atoms with E-state index < -0.39 is 0 Å². The van der Waals surface area contributed by atoms with Gasteiger partial charge in [0.25, 0.3) is 0 Å². The Morgan fingerprint density at radius 3 is 2.16 bits per heavy atom. The molecule has 2 aromatic heterocycles. The second kappa shape index (κ2) is 12.0. The van der Waals surface area contributed by atoms with Crippen LogP contribution in [0.4, 0.5) is 0 Å². The Labute approximate surface area is 283 Å². The molecule has 8 aromatic rings. The average Bonchev–Trinajstić information content (AvgIpc) is 3.40. The fourth-order valence-electron chi connectivity index (χ4n) is 6.95. The molecule has 1 aliphatic carbocycles. The maximum absolute atomic E-state index is 9.03. The van der Waals surface area contributed by atoms with Crippen molar-refractivity contribution in [3.05, 3.63) is 174 Å². The van der Waals surface area contributed by atoms with E-state index in [0.717, 1.165) is 84.4 Å². The predicted octanol–water partition coefficient (Wildman–Crippen LogP) is 11.1. The molecule has 0 bridgehead atoms. The summed E-state index contributed by atoms with van der Waals surface area (Å²) in [7, 11) is 0. The van der Waals surface area contributed by atoms with Gasteiger partial charge >= 0.3 is 0 Å². The van der Waals surface area contributed by atoms with Gasteiger partial charge in [-0.05, 0) is 64.8 Å². The van der Waals surface area contributed by atoms with Crippen molar-refractivity contribution in [2.75, 3.05) is 5.43 Å². The summed E-state index contributed by atoms with van der Waals surface area (Å²) in [6.07, 6.45) is 8.83. The second-order valence-corrected chi connectivity index (χ2v) is 12.4. The summed E-state index contributed by atoms with van der Waals surface area (Å²) in [6, 6.07) is 47.5. The Morgan fingerprint density at radius 2 is 1.37 bits per heavy atom. The minimum absolute atomic E-state index is 0.176. The summed E-state index contributed by atoms with van der Waals surface area (Å²) in [5.41, 5.74) is 13.4. The molecule has 0 saturated heterocycles. The van der Waals surface area contributed by atoms with Crippen molar-refractivity contribution in [1.82, 2.24) is 4.68 Å². The molecule has 2 N–H and O–H groups in total. The molecule has 6 aromatic carbocycles. The van der Waals surface area contributed by atoms with E-state index in [0.29, 0.717) is 5.84 Å². The van der Waals surface area contributed by atoms with Crippen LogP contribution in [0.2, 0.25) is 0 Å². The summed E-state index contributed by atoms with van der Waals surface area (Å²) in [4.78, 5) is 4.95. The van der Waals surface area contributed by atoms with Crippen LogP contribution in [0.25, 0.3) is 60.4 Å². The highest BCUT2D eigenvalue weighted by Crippen LogP contribution is 2.41. The lowest BCUT2D eigenvalue weighted by atomic mass is 9.98. The molecule has 0 amide bonds. The first-order valence-electron chi connectivity index (χ1n) is 16.6. The maximum atomic E-state index is 9.03. The van der Waals surface area contributed by atoms with Gasteiger partial charge in [0.15, 0.2) is 11.7 Å². The third kappa shape index (κ3) is 5.13. The van der Waals surface area contributed by atoms with E-state index in [2.05, 4.69) is 119 Å². The zero-order valence-corrected chi connectivity index (χ0v) is 26.7. The zero-order valence-electron chi connectivity index (χ0n) is 26.7. The lowest BCUT2D eigenvalue weighted by Crippen LogP contribution is -2.25. The summed E-state index contributed by atoms with van der Waals surface area (Å²) in [5, 5.41) is 13.3. The van der Waals surface area contributed by atoms with E-state index in [9.17, 15) is 0 Å². The Morgan fingerprint density at radius 1 is 0.612 bits per heavy atom. The Balaban J connectivity index is 1.29. The molecule has 0 fully saturated rings. The topological polar surface area (TPSA) is 66.3 Å².